The van der Waals surface area contributed by atoms with Crippen LogP contribution in [0.15, 0.2) is 35.8 Å². The van der Waals surface area contributed by atoms with Gasteiger partial charge in [0.05, 0.1) is 27.8 Å². The van der Waals surface area contributed by atoms with Gasteiger partial charge >= 0.3 is 0 Å². The van der Waals surface area contributed by atoms with Crippen molar-refractivity contribution in [2.45, 2.75) is 13.5 Å². The normalized spacial score (nSPS) is 10.8. The maximum atomic E-state index is 6.15. The summed E-state index contributed by atoms with van der Waals surface area (Å²) in [6.07, 6.45) is 1.75. The first kappa shape index (κ1) is 12.4. The fourth-order valence-corrected chi connectivity index (χ4v) is 2.79. The first-order valence-electron chi connectivity index (χ1n) is 5.92. The van der Waals surface area contributed by atoms with Crippen LogP contribution >= 0.6 is 22.9 Å². The van der Waals surface area contributed by atoms with E-state index in [0.717, 1.165) is 27.3 Å². The summed E-state index contributed by atoms with van der Waals surface area (Å²) in [6, 6.07) is 7.77. The van der Waals surface area contributed by atoms with Crippen molar-refractivity contribution in [2.24, 2.45) is 0 Å². The molecule has 0 aliphatic heterocycles. The van der Waals surface area contributed by atoms with Crippen molar-refractivity contribution in [1.29, 1.82) is 0 Å². The molecule has 0 aliphatic carbocycles. The second kappa shape index (κ2) is 5.15. The number of nitrogens with one attached hydrogen (secondary N) is 1. The largest absolute Gasteiger partial charge is 0.379 e. The van der Waals surface area contributed by atoms with Crippen LogP contribution in [0.4, 0.5) is 5.69 Å². The highest BCUT2D eigenvalue weighted by atomic mass is 35.5. The van der Waals surface area contributed by atoms with Crippen LogP contribution in [-0.4, -0.2) is 9.97 Å². The summed E-state index contributed by atoms with van der Waals surface area (Å²) in [4.78, 5) is 8.75. The fraction of sp³-hybridized carbons (Fsp3) is 0.143. The number of pyridine rings is 1. The van der Waals surface area contributed by atoms with Crippen molar-refractivity contribution in [3.63, 3.8) is 0 Å². The highest BCUT2D eigenvalue weighted by Crippen LogP contribution is 2.28. The molecule has 0 bridgehead atoms. The fourth-order valence-electron chi connectivity index (χ4n) is 1.97. The Bertz CT molecular complexity index is 724. The van der Waals surface area contributed by atoms with Crippen molar-refractivity contribution >= 4 is 39.5 Å². The standard InChI is InChI=1S/C14H12ClN3S/c1-9-18-10(8-19-9)7-17-13-5-4-12(15)14-11(13)3-2-6-16-14/h2-6,8,17H,7H2,1H3. The Labute approximate surface area is 120 Å². The Morgan fingerprint density at radius 2 is 2.21 bits per heavy atom. The lowest BCUT2D eigenvalue weighted by atomic mass is 10.2. The number of benzene rings is 1. The van der Waals surface area contributed by atoms with Crippen molar-refractivity contribution in [3.8, 4) is 0 Å². The van der Waals surface area contributed by atoms with E-state index in [1.807, 2.05) is 31.2 Å². The van der Waals surface area contributed by atoms with Crippen LogP contribution in [0, 0.1) is 6.92 Å². The Morgan fingerprint density at radius 1 is 1.32 bits per heavy atom. The molecule has 2 heterocycles. The first-order valence-corrected chi connectivity index (χ1v) is 7.18. The van der Waals surface area contributed by atoms with E-state index in [9.17, 15) is 0 Å². The summed E-state index contributed by atoms with van der Waals surface area (Å²) in [6.45, 7) is 2.71. The molecular weight excluding hydrogens is 278 g/mol. The quantitative estimate of drug-likeness (QED) is 0.782. The molecule has 0 aliphatic rings. The smallest absolute Gasteiger partial charge is 0.0908 e. The first-order chi connectivity index (χ1) is 9.24. The summed E-state index contributed by atoms with van der Waals surface area (Å²) >= 11 is 7.81. The molecule has 19 heavy (non-hydrogen) atoms. The van der Waals surface area contributed by atoms with Crippen LogP contribution < -0.4 is 5.32 Å². The minimum absolute atomic E-state index is 0.672. The Hall–Kier alpha value is -1.65. The molecular formula is C14H12ClN3S. The molecule has 1 aromatic carbocycles. The van der Waals surface area contributed by atoms with Crippen LogP contribution in [-0.2, 0) is 6.54 Å². The molecule has 0 unspecified atom stereocenters. The number of halogens is 1. The van der Waals surface area contributed by atoms with Gasteiger partial charge in [-0.15, -0.1) is 11.3 Å². The molecule has 3 nitrogen and oxygen atoms in total. The van der Waals surface area contributed by atoms with E-state index >= 15 is 0 Å². The van der Waals surface area contributed by atoms with E-state index in [1.54, 1.807) is 17.5 Å². The summed E-state index contributed by atoms with van der Waals surface area (Å²) in [5, 5.41) is 8.24. The van der Waals surface area contributed by atoms with Gasteiger partial charge in [0.25, 0.3) is 0 Å². The van der Waals surface area contributed by atoms with Crippen molar-refractivity contribution < 1.29 is 0 Å². The molecule has 0 spiro atoms. The number of hydrogen-bond donors (Lipinski definition) is 1. The number of anilines is 1. The molecule has 0 atom stereocenters. The summed E-state index contributed by atoms with van der Waals surface area (Å²) in [5.74, 6) is 0. The minimum Gasteiger partial charge on any atom is -0.379 e. The van der Waals surface area contributed by atoms with Gasteiger partial charge < -0.3 is 5.32 Å². The molecule has 0 saturated carbocycles. The second-order valence-electron chi connectivity index (χ2n) is 4.21. The topological polar surface area (TPSA) is 37.8 Å². The van der Waals surface area contributed by atoms with Gasteiger partial charge in [-0.3, -0.25) is 4.98 Å². The Kier molecular flexibility index (Phi) is 3.36. The van der Waals surface area contributed by atoms with E-state index in [-0.39, 0.29) is 0 Å². The van der Waals surface area contributed by atoms with E-state index in [2.05, 4.69) is 20.7 Å². The number of aromatic nitrogens is 2. The van der Waals surface area contributed by atoms with Crippen LogP contribution in [0.5, 0.6) is 0 Å². The second-order valence-corrected chi connectivity index (χ2v) is 5.68. The van der Waals surface area contributed by atoms with Gasteiger partial charge in [-0.2, -0.15) is 0 Å². The number of rotatable bonds is 3. The zero-order valence-electron chi connectivity index (χ0n) is 10.4. The lowest BCUT2D eigenvalue weighted by molar-refractivity contribution is 1.06. The summed E-state index contributed by atoms with van der Waals surface area (Å²) < 4.78 is 0. The highest BCUT2D eigenvalue weighted by molar-refractivity contribution is 7.09. The molecule has 3 rings (SSSR count). The van der Waals surface area contributed by atoms with Crippen molar-refractivity contribution in [3.05, 3.63) is 51.6 Å². The average molecular weight is 290 g/mol. The Morgan fingerprint density at radius 3 is 3.00 bits per heavy atom. The van der Waals surface area contributed by atoms with Gasteiger partial charge in [0, 0.05) is 22.7 Å². The third-order valence-electron chi connectivity index (χ3n) is 2.85. The molecule has 1 N–H and O–H groups in total. The van der Waals surface area contributed by atoms with Crippen LogP contribution in [0.25, 0.3) is 10.9 Å². The molecule has 5 heteroatoms. The number of hydrogen-bond acceptors (Lipinski definition) is 4. The summed E-state index contributed by atoms with van der Waals surface area (Å²) in [5.41, 5.74) is 2.90. The van der Waals surface area contributed by atoms with Gasteiger partial charge in [0.1, 0.15) is 0 Å². The summed E-state index contributed by atoms with van der Waals surface area (Å²) in [7, 11) is 0. The van der Waals surface area contributed by atoms with Crippen molar-refractivity contribution in [2.75, 3.05) is 5.32 Å². The number of thiazole rings is 1. The minimum atomic E-state index is 0.672. The molecule has 96 valence electrons. The van der Waals surface area contributed by atoms with Gasteiger partial charge in [-0.05, 0) is 31.2 Å². The average Bonchev–Trinajstić information content (AvgIpc) is 2.84. The van der Waals surface area contributed by atoms with Crippen molar-refractivity contribution in [1.82, 2.24) is 9.97 Å². The number of fused-ring (bicyclic) bond motifs is 1. The van der Waals surface area contributed by atoms with E-state index < -0.39 is 0 Å². The van der Waals surface area contributed by atoms with Gasteiger partial charge in [-0.25, -0.2) is 4.98 Å². The SMILES string of the molecule is Cc1nc(CNc2ccc(Cl)c3ncccc23)cs1. The van der Waals surface area contributed by atoms with Crippen LogP contribution in [0.3, 0.4) is 0 Å². The predicted octanol–water partition coefficient (Wildman–Crippen LogP) is 4.27. The molecule has 0 amide bonds. The predicted molar refractivity (Wildman–Crippen MR) is 80.9 cm³/mol. The molecule has 0 saturated heterocycles. The van der Waals surface area contributed by atoms with Crippen LogP contribution in [0.1, 0.15) is 10.7 Å². The lowest BCUT2D eigenvalue weighted by Gasteiger charge is -2.09. The molecule has 2 aromatic heterocycles. The zero-order valence-corrected chi connectivity index (χ0v) is 11.9. The van der Waals surface area contributed by atoms with Crippen LogP contribution in [0.2, 0.25) is 5.02 Å². The third-order valence-corrected chi connectivity index (χ3v) is 3.97. The van der Waals surface area contributed by atoms with E-state index in [4.69, 9.17) is 11.6 Å². The molecule has 0 radical (unpaired) electrons. The number of aryl methyl sites for hydroxylation is 1. The molecule has 0 fully saturated rings. The van der Waals surface area contributed by atoms with Gasteiger partial charge in [-0.1, -0.05) is 11.6 Å². The third kappa shape index (κ3) is 2.55. The number of nitrogens with zero attached hydrogens (tertiary/aromatic N) is 2. The maximum Gasteiger partial charge on any atom is 0.0908 e. The zero-order chi connectivity index (χ0) is 13.2. The van der Waals surface area contributed by atoms with E-state index in [1.165, 1.54) is 0 Å². The maximum absolute atomic E-state index is 6.15. The Balaban J connectivity index is 1.91. The lowest BCUT2D eigenvalue weighted by Crippen LogP contribution is -2.00. The highest BCUT2D eigenvalue weighted by Gasteiger charge is 2.06. The monoisotopic (exact) mass is 289 g/mol. The van der Waals surface area contributed by atoms with Gasteiger partial charge in [0.15, 0.2) is 0 Å². The molecule has 3 aromatic rings. The van der Waals surface area contributed by atoms with E-state index in [0.29, 0.717) is 11.6 Å². The van der Waals surface area contributed by atoms with Gasteiger partial charge in [0.2, 0.25) is 0 Å².